The zero-order valence-corrected chi connectivity index (χ0v) is 17.5. The number of rotatable bonds is 8. The number of ether oxygens (including phenoxy) is 2. The standard InChI is InChI=1S/C22H29N3O5/c1-28-18-6-5-16(20(14-18)29-2)7-10-23-22(27)25-11-8-17(9-12-25)21(26)24-15-19-4-3-13-30-19/h3-6,13-14,17H,7-12,15H2,1-2H3,(H,23,27)(H,24,26). The van der Waals surface area contributed by atoms with Gasteiger partial charge in [0, 0.05) is 31.6 Å². The molecular weight excluding hydrogens is 386 g/mol. The van der Waals surface area contributed by atoms with E-state index in [9.17, 15) is 9.59 Å². The second kappa shape index (κ2) is 10.6. The molecule has 162 valence electrons. The predicted molar refractivity (Wildman–Crippen MR) is 112 cm³/mol. The number of piperidine rings is 1. The maximum atomic E-state index is 12.5. The fraction of sp³-hybridized carbons (Fsp3) is 0.455. The highest BCUT2D eigenvalue weighted by atomic mass is 16.5. The summed E-state index contributed by atoms with van der Waals surface area (Å²) in [6, 6.07) is 9.17. The number of carbonyl (C=O) groups excluding carboxylic acids is 2. The number of benzene rings is 1. The van der Waals surface area contributed by atoms with Crippen LogP contribution in [0.15, 0.2) is 41.0 Å². The van der Waals surface area contributed by atoms with Crippen LogP contribution in [0.1, 0.15) is 24.2 Å². The van der Waals surface area contributed by atoms with Crippen molar-refractivity contribution in [2.45, 2.75) is 25.8 Å². The van der Waals surface area contributed by atoms with E-state index in [0.717, 1.165) is 22.8 Å². The number of amides is 3. The third-order valence-electron chi connectivity index (χ3n) is 5.33. The van der Waals surface area contributed by atoms with Gasteiger partial charge in [0.25, 0.3) is 0 Å². The molecule has 2 heterocycles. The van der Waals surface area contributed by atoms with Crippen LogP contribution in [-0.2, 0) is 17.8 Å². The van der Waals surface area contributed by atoms with Crippen molar-refractivity contribution in [2.24, 2.45) is 5.92 Å². The van der Waals surface area contributed by atoms with Crippen LogP contribution in [0.25, 0.3) is 0 Å². The number of likely N-dealkylation sites (tertiary alicyclic amines) is 1. The van der Waals surface area contributed by atoms with Gasteiger partial charge in [0.05, 0.1) is 27.0 Å². The van der Waals surface area contributed by atoms with Gasteiger partial charge in [-0.05, 0) is 43.0 Å². The maximum Gasteiger partial charge on any atom is 0.317 e. The van der Waals surface area contributed by atoms with E-state index in [1.165, 1.54) is 0 Å². The largest absolute Gasteiger partial charge is 0.497 e. The summed E-state index contributed by atoms with van der Waals surface area (Å²) in [4.78, 5) is 26.5. The van der Waals surface area contributed by atoms with Gasteiger partial charge < -0.3 is 29.4 Å². The summed E-state index contributed by atoms with van der Waals surface area (Å²) in [5.74, 6) is 2.14. The SMILES string of the molecule is COc1ccc(CCNC(=O)N2CCC(C(=O)NCc3ccco3)CC2)c(OC)c1. The van der Waals surface area contributed by atoms with Crippen molar-refractivity contribution < 1.29 is 23.5 Å². The molecule has 1 saturated heterocycles. The van der Waals surface area contributed by atoms with Gasteiger partial charge in [-0.1, -0.05) is 6.07 Å². The number of hydrogen-bond acceptors (Lipinski definition) is 5. The Morgan fingerprint density at radius 2 is 1.93 bits per heavy atom. The number of methoxy groups -OCH3 is 2. The first-order valence-corrected chi connectivity index (χ1v) is 10.1. The van der Waals surface area contributed by atoms with Crippen molar-refractivity contribution in [1.82, 2.24) is 15.5 Å². The quantitative estimate of drug-likeness (QED) is 0.691. The summed E-state index contributed by atoms with van der Waals surface area (Å²) < 4.78 is 15.8. The van der Waals surface area contributed by atoms with Gasteiger partial charge in [-0.3, -0.25) is 4.79 Å². The topological polar surface area (TPSA) is 93.0 Å². The third-order valence-corrected chi connectivity index (χ3v) is 5.33. The zero-order chi connectivity index (χ0) is 21.3. The molecule has 0 radical (unpaired) electrons. The van der Waals surface area contributed by atoms with E-state index in [0.29, 0.717) is 45.4 Å². The molecule has 8 nitrogen and oxygen atoms in total. The summed E-state index contributed by atoms with van der Waals surface area (Å²) >= 11 is 0. The second-order valence-corrected chi connectivity index (χ2v) is 7.22. The Morgan fingerprint density at radius 1 is 1.13 bits per heavy atom. The first-order chi connectivity index (χ1) is 14.6. The Labute approximate surface area is 176 Å². The van der Waals surface area contributed by atoms with E-state index in [1.807, 2.05) is 24.3 Å². The van der Waals surface area contributed by atoms with Crippen LogP contribution in [0, 0.1) is 5.92 Å². The van der Waals surface area contributed by atoms with E-state index in [4.69, 9.17) is 13.9 Å². The van der Waals surface area contributed by atoms with Crippen molar-refractivity contribution in [3.8, 4) is 11.5 Å². The van der Waals surface area contributed by atoms with E-state index in [1.54, 1.807) is 31.4 Å². The lowest BCUT2D eigenvalue weighted by Crippen LogP contribution is -2.47. The number of furan rings is 1. The van der Waals surface area contributed by atoms with Crippen LogP contribution in [0.4, 0.5) is 4.79 Å². The van der Waals surface area contributed by atoms with Crippen molar-refractivity contribution in [1.29, 1.82) is 0 Å². The summed E-state index contributed by atoms with van der Waals surface area (Å²) in [6.07, 6.45) is 3.56. The molecule has 1 aromatic heterocycles. The Balaban J connectivity index is 1.38. The first kappa shape index (κ1) is 21.5. The molecule has 0 unspecified atom stereocenters. The molecule has 1 aliphatic heterocycles. The van der Waals surface area contributed by atoms with Crippen molar-refractivity contribution in [3.63, 3.8) is 0 Å². The summed E-state index contributed by atoms with van der Waals surface area (Å²) in [7, 11) is 3.23. The van der Waals surface area contributed by atoms with Gasteiger partial charge in [-0.25, -0.2) is 4.79 Å². The minimum atomic E-state index is -0.100. The van der Waals surface area contributed by atoms with Crippen molar-refractivity contribution in [3.05, 3.63) is 47.9 Å². The summed E-state index contributed by atoms with van der Waals surface area (Å²) in [5, 5.41) is 5.85. The van der Waals surface area contributed by atoms with E-state index < -0.39 is 0 Å². The van der Waals surface area contributed by atoms with Crippen LogP contribution >= 0.6 is 0 Å². The van der Waals surface area contributed by atoms with Gasteiger partial charge in [0.2, 0.25) is 5.91 Å². The molecule has 30 heavy (non-hydrogen) atoms. The number of nitrogens with one attached hydrogen (secondary N) is 2. The lowest BCUT2D eigenvalue weighted by atomic mass is 9.96. The fourth-order valence-corrected chi connectivity index (χ4v) is 3.55. The molecule has 3 rings (SSSR count). The second-order valence-electron chi connectivity index (χ2n) is 7.22. The average Bonchev–Trinajstić information content (AvgIpc) is 3.31. The molecule has 0 saturated carbocycles. The number of hydrogen-bond donors (Lipinski definition) is 2. The number of carbonyl (C=O) groups is 2. The van der Waals surface area contributed by atoms with Gasteiger partial charge in [0.15, 0.2) is 0 Å². The predicted octanol–water partition coefficient (Wildman–Crippen LogP) is 2.58. The molecule has 1 aliphatic rings. The lowest BCUT2D eigenvalue weighted by Gasteiger charge is -2.31. The van der Waals surface area contributed by atoms with Crippen molar-refractivity contribution >= 4 is 11.9 Å². The summed E-state index contributed by atoms with van der Waals surface area (Å²) in [5.41, 5.74) is 1.01. The molecule has 1 fully saturated rings. The highest BCUT2D eigenvalue weighted by Crippen LogP contribution is 2.24. The highest BCUT2D eigenvalue weighted by molar-refractivity contribution is 5.79. The Hall–Kier alpha value is -3.16. The van der Waals surface area contributed by atoms with Crippen molar-refractivity contribution in [2.75, 3.05) is 33.9 Å². The first-order valence-electron chi connectivity index (χ1n) is 10.1. The fourth-order valence-electron chi connectivity index (χ4n) is 3.55. The van der Waals surface area contributed by atoms with Crippen LogP contribution in [0.2, 0.25) is 0 Å². The Morgan fingerprint density at radius 3 is 2.60 bits per heavy atom. The molecule has 1 aromatic carbocycles. The lowest BCUT2D eigenvalue weighted by molar-refractivity contribution is -0.126. The van der Waals surface area contributed by atoms with Gasteiger partial charge in [-0.2, -0.15) is 0 Å². The summed E-state index contributed by atoms with van der Waals surface area (Å²) in [6.45, 7) is 2.03. The molecule has 2 aromatic rings. The molecule has 0 spiro atoms. The normalized spacial score (nSPS) is 14.3. The van der Waals surface area contributed by atoms with E-state index >= 15 is 0 Å². The minimum absolute atomic E-state index is 0.0121. The number of urea groups is 1. The van der Waals surface area contributed by atoms with Crippen LogP contribution < -0.4 is 20.1 Å². The molecule has 8 heteroatoms. The van der Waals surface area contributed by atoms with E-state index in [-0.39, 0.29) is 17.9 Å². The Kier molecular flexibility index (Phi) is 7.59. The van der Waals surface area contributed by atoms with Crippen LogP contribution in [0.5, 0.6) is 11.5 Å². The maximum absolute atomic E-state index is 12.5. The monoisotopic (exact) mass is 415 g/mol. The molecule has 3 amide bonds. The minimum Gasteiger partial charge on any atom is -0.497 e. The Bertz CT molecular complexity index is 829. The number of nitrogens with zero attached hydrogens (tertiary/aromatic N) is 1. The highest BCUT2D eigenvalue weighted by Gasteiger charge is 2.27. The molecule has 0 bridgehead atoms. The van der Waals surface area contributed by atoms with Gasteiger partial charge in [-0.15, -0.1) is 0 Å². The smallest absolute Gasteiger partial charge is 0.317 e. The molecular formula is C22H29N3O5. The van der Waals surface area contributed by atoms with Crippen LogP contribution in [-0.4, -0.2) is 50.7 Å². The van der Waals surface area contributed by atoms with Gasteiger partial charge >= 0.3 is 6.03 Å². The third kappa shape index (κ3) is 5.68. The van der Waals surface area contributed by atoms with E-state index in [2.05, 4.69) is 10.6 Å². The molecule has 0 atom stereocenters. The average molecular weight is 415 g/mol. The van der Waals surface area contributed by atoms with Gasteiger partial charge in [0.1, 0.15) is 17.3 Å². The zero-order valence-electron chi connectivity index (χ0n) is 17.5. The molecule has 0 aliphatic carbocycles. The molecule has 2 N–H and O–H groups in total. The van der Waals surface area contributed by atoms with Crippen LogP contribution in [0.3, 0.4) is 0 Å².